The van der Waals surface area contributed by atoms with Crippen molar-refractivity contribution in [2.45, 2.75) is 93.5 Å². The Labute approximate surface area is 374 Å². The standard InChI is InChI=1S/C59H58BN3/c1-35-25-27-47-53(29-35)62(57-38(4)19-15-20-39(57)5)50-23-16-24-51-55(50)60(47)48-33-46-45-32-44(59(8,9)10)26-28-49(45)61(56-36(2)17-14-18-37(56)3)52(46)34-54(48)63(51)58-40(6)30-43(31-41(58)7)42-21-12-11-13-22-42/h12,14-34,40,58H,11,13H2,1-10H3. The summed E-state index contributed by atoms with van der Waals surface area (Å²) in [5.74, 6) is 0.254. The number of allylic oxidation sites excluding steroid dienone is 6. The number of para-hydroxylation sites is 2. The van der Waals surface area contributed by atoms with Crippen LogP contribution in [0.3, 0.4) is 0 Å². The third-order valence-electron chi connectivity index (χ3n) is 14.7. The van der Waals surface area contributed by atoms with Crippen molar-refractivity contribution in [1.29, 1.82) is 0 Å². The van der Waals surface area contributed by atoms with Crippen molar-refractivity contribution in [3.63, 3.8) is 0 Å². The Morgan fingerprint density at radius 2 is 1.29 bits per heavy atom. The molecular weight excluding hydrogens is 761 g/mol. The highest BCUT2D eigenvalue weighted by Crippen LogP contribution is 2.48. The van der Waals surface area contributed by atoms with E-state index in [0.29, 0.717) is 0 Å². The van der Waals surface area contributed by atoms with E-state index in [1.54, 1.807) is 0 Å². The van der Waals surface area contributed by atoms with Gasteiger partial charge in [-0.1, -0.05) is 125 Å². The summed E-state index contributed by atoms with van der Waals surface area (Å²) >= 11 is 0. The third kappa shape index (κ3) is 6.01. The molecule has 2 unspecified atom stereocenters. The van der Waals surface area contributed by atoms with Gasteiger partial charge in [0.2, 0.25) is 0 Å². The fraction of sp³-hybridized carbons (Fsp3) is 0.254. The number of rotatable bonds is 4. The van der Waals surface area contributed by atoms with Gasteiger partial charge in [-0.2, -0.15) is 0 Å². The van der Waals surface area contributed by atoms with E-state index in [-0.39, 0.29) is 24.1 Å². The molecule has 2 aliphatic carbocycles. The first-order valence-electron chi connectivity index (χ1n) is 23.2. The average Bonchev–Trinajstić information content (AvgIpc) is 3.56. The molecule has 312 valence electrons. The Bertz CT molecular complexity index is 3170. The molecule has 2 atom stereocenters. The molecule has 0 amide bonds. The highest BCUT2D eigenvalue weighted by Gasteiger charge is 2.46. The lowest BCUT2D eigenvalue weighted by Gasteiger charge is -2.48. The summed E-state index contributed by atoms with van der Waals surface area (Å²) in [6.45, 7) is 23.2. The van der Waals surface area contributed by atoms with E-state index in [0.717, 1.165) is 12.8 Å². The van der Waals surface area contributed by atoms with E-state index >= 15 is 0 Å². The molecule has 3 nitrogen and oxygen atoms in total. The van der Waals surface area contributed by atoms with Crippen molar-refractivity contribution in [2.75, 3.05) is 9.80 Å². The third-order valence-corrected chi connectivity index (χ3v) is 14.7. The number of hydrogen-bond acceptors (Lipinski definition) is 2. The molecule has 0 N–H and O–H groups in total. The summed E-state index contributed by atoms with van der Waals surface area (Å²) in [6.07, 6.45) is 14.3. The summed E-state index contributed by atoms with van der Waals surface area (Å²) in [5.41, 5.74) is 26.2. The minimum Gasteiger partial charge on any atom is -0.334 e. The van der Waals surface area contributed by atoms with Gasteiger partial charge in [-0.25, -0.2) is 0 Å². The largest absolute Gasteiger partial charge is 0.334 e. The fourth-order valence-electron chi connectivity index (χ4n) is 11.8. The van der Waals surface area contributed by atoms with Gasteiger partial charge < -0.3 is 14.4 Å². The maximum Gasteiger partial charge on any atom is 0.252 e. The topological polar surface area (TPSA) is 11.4 Å². The number of aryl methyl sites for hydroxylation is 5. The van der Waals surface area contributed by atoms with Crippen LogP contribution in [-0.2, 0) is 5.41 Å². The van der Waals surface area contributed by atoms with E-state index in [4.69, 9.17) is 0 Å². The van der Waals surface area contributed by atoms with Crippen molar-refractivity contribution in [3.8, 4) is 5.69 Å². The second-order valence-electron chi connectivity index (χ2n) is 20.1. The molecule has 4 heteroatoms. The van der Waals surface area contributed by atoms with Crippen molar-refractivity contribution >= 4 is 73.3 Å². The van der Waals surface area contributed by atoms with Crippen LogP contribution in [0.4, 0.5) is 28.4 Å². The van der Waals surface area contributed by atoms with Crippen LogP contribution >= 0.6 is 0 Å². The van der Waals surface area contributed by atoms with E-state index < -0.39 is 0 Å². The first kappa shape index (κ1) is 39.6. The molecule has 1 aromatic heterocycles. The van der Waals surface area contributed by atoms with Gasteiger partial charge in [-0.05, 0) is 169 Å². The zero-order chi connectivity index (χ0) is 43.6. The molecule has 0 bridgehead atoms. The molecule has 2 aliphatic heterocycles. The minimum absolute atomic E-state index is 0.00812. The Kier molecular flexibility index (Phi) is 9.04. The second kappa shape index (κ2) is 14.4. The van der Waals surface area contributed by atoms with Crippen molar-refractivity contribution in [1.82, 2.24) is 4.57 Å². The molecule has 11 rings (SSSR count). The average molecular weight is 820 g/mol. The summed E-state index contributed by atoms with van der Waals surface area (Å²) in [4.78, 5) is 5.35. The van der Waals surface area contributed by atoms with Gasteiger partial charge in [0.25, 0.3) is 6.71 Å². The van der Waals surface area contributed by atoms with Crippen molar-refractivity contribution < 1.29 is 0 Å². The minimum atomic E-state index is 0.00812. The maximum atomic E-state index is 2.76. The van der Waals surface area contributed by atoms with Crippen LogP contribution in [-0.4, -0.2) is 17.3 Å². The van der Waals surface area contributed by atoms with E-state index in [9.17, 15) is 0 Å². The maximum absolute atomic E-state index is 2.76. The Hall–Kier alpha value is -6.26. The lowest BCUT2D eigenvalue weighted by molar-refractivity contribution is 0.580. The first-order chi connectivity index (χ1) is 30.3. The van der Waals surface area contributed by atoms with Crippen molar-refractivity contribution in [3.05, 3.63) is 184 Å². The fourth-order valence-corrected chi connectivity index (χ4v) is 11.8. The van der Waals surface area contributed by atoms with E-state index in [1.807, 2.05) is 0 Å². The first-order valence-corrected chi connectivity index (χ1v) is 23.2. The molecule has 0 saturated heterocycles. The number of fused-ring (bicyclic) bond motifs is 7. The van der Waals surface area contributed by atoms with Gasteiger partial charge in [0.1, 0.15) is 0 Å². The number of anilines is 5. The zero-order valence-electron chi connectivity index (χ0n) is 38.7. The van der Waals surface area contributed by atoms with Crippen LogP contribution in [0, 0.1) is 40.5 Å². The number of benzene rings is 6. The van der Waals surface area contributed by atoms with Crippen LogP contribution < -0.4 is 26.2 Å². The lowest BCUT2D eigenvalue weighted by atomic mass is 9.33. The van der Waals surface area contributed by atoms with Crippen LogP contribution in [0.15, 0.2) is 150 Å². The molecule has 0 spiro atoms. The highest BCUT2D eigenvalue weighted by molar-refractivity contribution is 7.00. The molecule has 7 aromatic rings. The molecule has 0 saturated carbocycles. The van der Waals surface area contributed by atoms with Gasteiger partial charge in [-0.3, -0.25) is 0 Å². The van der Waals surface area contributed by atoms with Crippen LogP contribution in [0.5, 0.6) is 0 Å². The van der Waals surface area contributed by atoms with Crippen molar-refractivity contribution in [2.24, 2.45) is 5.92 Å². The molecular formula is C59H58BN3. The van der Waals surface area contributed by atoms with Crippen LogP contribution in [0.2, 0.25) is 0 Å². The predicted octanol–water partition coefficient (Wildman–Crippen LogP) is 13.5. The second-order valence-corrected chi connectivity index (χ2v) is 20.1. The predicted molar refractivity (Wildman–Crippen MR) is 272 cm³/mol. The molecule has 0 fully saturated rings. The molecule has 4 aliphatic rings. The molecule has 6 aromatic carbocycles. The Morgan fingerprint density at radius 3 is 1.97 bits per heavy atom. The Morgan fingerprint density at radius 1 is 0.603 bits per heavy atom. The smallest absolute Gasteiger partial charge is 0.252 e. The summed E-state index contributed by atoms with van der Waals surface area (Å²) in [6, 6.07) is 40.4. The van der Waals surface area contributed by atoms with E-state index in [1.165, 1.54) is 122 Å². The number of nitrogens with zero attached hydrogens (tertiary/aromatic N) is 3. The van der Waals surface area contributed by atoms with Gasteiger partial charge in [0.05, 0.1) is 28.5 Å². The highest BCUT2D eigenvalue weighted by atomic mass is 15.2. The summed E-state index contributed by atoms with van der Waals surface area (Å²) in [5, 5.41) is 2.63. The van der Waals surface area contributed by atoms with Crippen LogP contribution in [0.1, 0.15) is 80.8 Å². The van der Waals surface area contributed by atoms with Gasteiger partial charge in [-0.15, -0.1) is 0 Å². The quantitative estimate of drug-likeness (QED) is 0.164. The lowest BCUT2D eigenvalue weighted by Crippen LogP contribution is -2.63. The molecule has 3 heterocycles. The van der Waals surface area contributed by atoms with Gasteiger partial charge >= 0.3 is 0 Å². The zero-order valence-corrected chi connectivity index (χ0v) is 38.7. The molecule has 63 heavy (non-hydrogen) atoms. The Balaban J connectivity index is 1.26. The van der Waals surface area contributed by atoms with Gasteiger partial charge in [0, 0.05) is 33.5 Å². The van der Waals surface area contributed by atoms with Crippen LogP contribution in [0.25, 0.3) is 27.5 Å². The monoisotopic (exact) mass is 819 g/mol. The normalized spacial score (nSPS) is 18.0. The number of hydrogen-bond donors (Lipinski definition) is 0. The number of aromatic nitrogens is 1. The summed E-state index contributed by atoms with van der Waals surface area (Å²) in [7, 11) is 0. The summed E-state index contributed by atoms with van der Waals surface area (Å²) < 4.78 is 2.58. The van der Waals surface area contributed by atoms with E-state index in [2.05, 4.69) is 217 Å². The van der Waals surface area contributed by atoms with Gasteiger partial charge in [0.15, 0.2) is 0 Å². The molecule has 0 radical (unpaired) electrons. The SMILES string of the molecule is CC1=CC(C2=CCCC=C2)=CC(C)C1N1c2cc3c(cc2B2c4ccc(C)cc4N(c4c(C)cccc4C)c4cccc1c42)c1cc(C(C)(C)C)ccc1n3-c1c(C)cccc1C.